The zero-order chi connectivity index (χ0) is 12.0. The molecule has 0 aliphatic carbocycles. The summed E-state index contributed by atoms with van der Waals surface area (Å²) in [6.07, 6.45) is 0. The minimum atomic E-state index is -0.184. The highest BCUT2D eigenvalue weighted by Gasteiger charge is 2.00. The van der Waals surface area contributed by atoms with E-state index in [-0.39, 0.29) is 5.82 Å². The van der Waals surface area contributed by atoms with E-state index in [1.807, 2.05) is 6.07 Å². The molecule has 0 spiro atoms. The van der Waals surface area contributed by atoms with Gasteiger partial charge in [-0.25, -0.2) is 4.39 Å². The Balaban J connectivity index is 2.31. The minimum Gasteiger partial charge on any atom is -0.311 e. The van der Waals surface area contributed by atoms with Gasteiger partial charge in [0.15, 0.2) is 0 Å². The molecule has 16 heavy (non-hydrogen) atoms. The standard InChI is InChI=1S/C13H18FNS/c1-10(2)15-8-11(3)9-16-13-6-4-5-12(14)7-13/h4-7,10,15H,3,8-9H2,1-2H3. The summed E-state index contributed by atoms with van der Waals surface area (Å²) >= 11 is 1.61. The van der Waals surface area contributed by atoms with Crippen molar-refractivity contribution in [3.8, 4) is 0 Å². The number of halogens is 1. The fraction of sp³-hybridized carbons (Fsp3) is 0.385. The maximum absolute atomic E-state index is 12.9. The molecule has 1 nitrogen and oxygen atoms in total. The fourth-order valence-electron chi connectivity index (χ4n) is 1.14. The van der Waals surface area contributed by atoms with Crippen LogP contribution in [-0.4, -0.2) is 18.3 Å². The summed E-state index contributed by atoms with van der Waals surface area (Å²) in [6.45, 7) is 9.01. The van der Waals surface area contributed by atoms with E-state index in [9.17, 15) is 4.39 Å². The van der Waals surface area contributed by atoms with E-state index in [4.69, 9.17) is 0 Å². The third-order valence-electron chi connectivity index (χ3n) is 2.00. The predicted molar refractivity (Wildman–Crippen MR) is 69.4 cm³/mol. The molecule has 0 atom stereocenters. The second-order valence-electron chi connectivity index (χ2n) is 4.03. The molecular weight excluding hydrogens is 221 g/mol. The number of benzene rings is 1. The van der Waals surface area contributed by atoms with Crippen molar-refractivity contribution in [2.45, 2.75) is 24.8 Å². The van der Waals surface area contributed by atoms with Crippen LogP contribution in [0.3, 0.4) is 0 Å². The molecule has 0 bridgehead atoms. The molecule has 88 valence electrons. The SMILES string of the molecule is C=C(CNC(C)C)CSc1cccc(F)c1. The lowest BCUT2D eigenvalue weighted by atomic mass is 10.3. The first kappa shape index (κ1) is 13.3. The average Bonchev–Trinajstić information content (AvgIpc) is 2.23. The molecule has 1 aromatic rings. The summed E-state index contributed by atoms with van der Waals surface area (Å²) in [5.74, 6) is 0.638. The van der Waals surface area contributed by atoms with E-state index in [0.717, 1.165) is 22.8 Å². The smallest absolute Gasteiger partial charge is 0.124 e. The Morgan fingerprint density at radius 2 is 2.25 bits per heavy atom. The Morgan fingerprint density at radius 1 is 1.50 bits per heavy atom. The van der Waals surface area contributed by atoms with Crippen LogP contribution in [0.1, 0.15) is 13.8 Å². The molecule has 0 heterocycles. The van der Waals surface area contributed by atoms with Gasteiger partial charge in [0.05, 0.1) is 0 Å². The lowest BCUT2D eigenvalue weighted by Crippen LogP contribution is -2.25. The lowest BCUT2D eigenvalue weighted by molar-refractivity contribution is 0.622. The molecule has 0 saturated heterocycles. The van der Waals surface area contributed by atoms with E-state index in [2.05, 4.69) is 25.7 Å². The largest absolute Gasteiger partial charge is 0.311 e. The molecule has 0 aliphatic heterocycles. The van der Waals surface area contributed by atoms with Crippen molar-refractivity contribution in [3.05, 3.63) is 42.2 Å². The zero-order valence-corrected chi connectivity index (χ0v) is 10.6. The lowest BCUT2D eigenvalue weighted by Gasteiger charge is -2.10. The summed E-state index contributed by atoms with van der Waals surface area (Å²) in [6, 6.07) is 7.12. The van der Waals surface area contributed by atoms with E-state index in [0.29, 0.717) is 6.04 Å². The Labute approximate surface area is 101 Å². The number of nitrogens with one attached hydrogen (secondary N) is 1. The maximum atomic E-state index is 12.9. The first-order chi connectivity index (χ1) is 7.58. The average molecular weight is 239 g/mol. The number of hydrogen-bond donors (Lipinski definition) is 1. The summed E-state index contributed by atoms with van der Waals surface area (Å²) in [4.78, 5) is 0.950. The molecule has 0 fully saturated rings. The van der Waals surface area contributed by atoms with Crippen LogP contribution in [0.2, 0.25) is 0 Å². The summed E-state index contributed by atoms with van der Waals surface area (Å²) in [5, 5.41) is 3.31. The van der Waals surface area contributed by atoms with Gasteiger partial charge in [-0.05, 0) is 18.2 Å². The van der Waals surface area contributed by atoms with Gasteiger partial charge in [-0.3, -0.25) is 0 Å². The highest BCUT2D eigenvalue weighted by atomic mass is 32.2. The van der Waals surface area contributed by atoms with Crippen molar-refractivity contribution in [3.63, 3.8) is 0 Å². The first-order valence-electron chi connectivity index (χ1n) is 5.36. The predicted octanol–water partition coefficient (Wildman–Crippen LogP) is 3.47. The van der Waals surface area contributed by atoms with E-state index >= 15 is 0 Å². The number of hydrogen-bond acceptors (Lipinski definition) is 2. The quantitative estimate of drug-likeness (QED) is 0.602. The van der Waals surface area contributed by atoms with Gasteiger partial charge in [0.1, 0.15) is 5.82 Å². The second-order valence-corrected chi connectivity index (χ2v) is 5.08. The van der Waals surface area contributed by atoms with E-state index in [1.165, 1.54) is 6.07 Å². The number of rotatable bonds is 6. The van der Waals surface area contributed by atoms with Gasteiger partial charge in [0.25, 0.3) is 0 Å². The van der Waals surface area contributed by atoms with Crippen molar-refractivity contribution < 1.29 is 4.39 Å². The van der Waals surface area contributed by atoms with Crippen LogP contribution in [0, 0.1) is 5.82 Å². The van der Waals surface area contributed by atoms with E-state index < -0.39 is 0 Å². The highest BCUT2D eigenvalue weighted by Crippen LogP contribution is 2.20. The molecule has 1 aromatic carbocycles. The Hall–Kier alpha value is -0.800. The Kier molecular flexibility index (Phi) is 5.56. The summed E-state index contributed by atoms with van der Waals surface area (Å²) in [7, 11) is 0. The van der Waals surface area contributed by atoms with Crippen LogP contribution in [0.5, 0.6) is 0 Å². The Bertz CT molecular complexity index is 350. The molecular formula is C13H18FNS. The minimum absolute atomic E-state index is 0.184. The van der Waals surface area contributed by atoms with Gasteiger partial charge in [0, 0.05) is 23.2 Å². The van der Waals surface area contributed by atoms with Gasteiger partial charge in [-0.1, -0.05) is 32.1 Å². The summed E-state index contributed by atoms with van der Waals surface area (Å²) in [5.41, 5.74) is 1.13. The van der Waals surface area contributed by atoms with Crippen LogP contribution < -0.4 is 5.32 Å². The molecule has 0 saturated carbocycles. The first-order valence-corrected chi connectivity index (χ1v) is 6.35. The van der Waals surface area contributed by atoms with Crippen LogP contribution >= 0.6 is 11.8 Å². The molecule has 0 aromatic heterocycles. The third kappa shape index (κ3) is 5.33. The Morgan fingerprint density at radius 3 is 2.88 bits per heavy atom. The monoisotopic (exact) mass is 239 g/mol. The third-order valence-corrected chi connectivity index (χ3v) is 3.14. The van der Waals surface area contributed by atoms with Crippen molar-refractivity contribution in [1.29, 1.82) is 0 Å². The maximum Gasteiger partial charge on any atom is 0.124 e. The van der Waals surface area contributed by atoms with Gasteiger partial charge in [0.2, 0.25) is 0 Å². The molecule has 0 aliphatic rings. The van der Waals surface area contributed by atoms with Gasteiger partial charge < -0.3 is 5.32 Å². The van der Waals surface area contributed by atoms with Crippen LogP contribution in [0.25, 0.3) is 0 Å². The normalized spacial score (nSPS) is 10.8. The van der Waals surface area contributed by atoms with Crippen molar-refractivity contribution >= 4 is 11.8 Å². The fourth-order valence-corrected chi connectivity index (χ4v) is 1.99. The summed E-state index contributed by atoms with van der Waals surface area (Å²) < 4.78 is 12.9. The van der Waals surface area contributed by atoms with Gasteiger partial charge >= 0.3 is 0 Å². The van der Waals surface area contributed by atoms with Crippen LogP contribution in [0.4, 0.5) is 4.39 Å². The van der Waals surface area contributed by atoms with E-state index in [1.54, 1.807) is 23.9 Å². The molecule has 0 amide bonds. The van der Waals surface area contributed by atoms with Crippen LogP contribution in [-0.2, 0) is 0 Å². The molecule has 1 rings (SSSR count). The highest BCUT2D eigenvalue weighted by molar-refractivity contribution is 7.99. The molecule has 0 unspecified atom stereocenters. The van der Waals surface area contributed by atoms with Crippen LogP contribution in [0.15, 0.2) is 41.3 Å². The number of thioether (sulfide) groups is 1. The van der Waals surface area contributed by atoms with Gasteiger partial charge in [-0.2, -0.15) is 0 Å². The van der Waals surface area contributed by atoms with Gasteiger partial charge in [-0.15, -0.1) is 11.8 Å². The molecule has 0 radical (unpaired) electrons. The topological polar surface area (TPSA) is 12.0 Å². The molecule has 1 N–H and O–H groups in total. The van der Waals surface area contributed by atoms with Crippen molar-refractivity contribution in [2.75, 3.05) is 12.3 Å². The van der Waals surface area contributed by atoms with Crippen molar-refractivity contribution in [2.24, 2.45) is 0 Å². The van der Waals surface area contributed by atoms with Crippen molar-refractivity contribution in [1.82, 2.24) is 5.32 Å². The second kappa shape index (κ2) is 6.71. The zero-order valence-electron chi connectivity index (χ0n) is 9.79. The molecule has 3 heteroatoms.